The van der Waals surface area contributed by atoms with E-state index in [0.717, 1.165) is 48.7 Å². The van der Waals surface area contributed by atoms with E-state index in [0.29, 0.717) is 16.3 Å². The average molecular weight is 605 g/mol. The van der Waals surface area contributed by atoms with Crippen molar-refractivity contribution >= 4 is 68.0 Å². The van der Waals surface area contributed by atoms with Gasteiger partial charge >= 0.3 is 0 Å². The standard InChI is InChI=1S/C34H25ClN4OS2/c1-21-11-5-6-14-23(21)33-25(19-36)30(24-15-7-8-16-26(24)35)31(34-38-27-17-9-10-18-28(27)42-34)32(22-12-3-2-4-13-22)39(33)41-20-29(37)40/h2-18,30H,20H2,1H3,(H2,37,40). The third kappa shape index (κ3) is 5.10. The summed E-state index contributed by atoms with van der Waals surface area (Å²) in [5.41, 5.74) is 13.1. The molecule has 1 aromatic heterocycles. The number of amides is 1. The summed E-state index contributed by atoms with van der Waals surface area (Å²) in [5, 5.41) is 12.3. The Morgan fingerprint density at radius 1 is 0.976 bits per heavy atom. The molecule has 1 atom stereocenters. The Bertz CT molecular complexity index is 1890. The predicted octanol–water partition coefficient (Wildman–Crippen LogP) is 8.29. The van der Waals surface area contributed by atoms with Crippen molar-refractivity contribution in [2.75, 3.05) is 5.75 Å². The minimum absolute atomic E-state index is 0.0221. The highest BCUT2D eigenvalue weighted by atomic mass is 35.5. The first kappa shape index (κ1) is 27.8. The lowest BCUT2D eigenvalue weighted by Gasteiger charge is -2.39. The number of nitriles is 1. The number of aromatic nitrogens is 1. The molecule has 0 aliphatic carbocycles. The van der Waals surface area contributed by atoms with Crippen LogP contribution in [0.2, 0.25) is 5.02 Å². The van der Waals surface area contributed by atoms with Crippen LogP contribution in [0.25, 0.3) is 27.2 Å². The maximum Gasteiger partial charge on any atom is 0.229 e. The second-order valence-electron chi connectivity index (χ2n) is 9.79. The third-order valence-corrected chi connectivity index (χ3v) is 9.59. The molecule has 0 saturated carbocycles. The van der Waals surface area contributed by atoms with Crippen molar-refractivity contribution in [2.45, 2.75) is 12.8 Å². The zero-order chi connectivity index (χ0) is 29.2. The van der Waals surface area contributed by atoms with Crippen LogP contribution in [-0.4, -0.2) is 20.9 Å². The summed E-state index contributed by atoms with van der Waals surface area (Å²) < 4.78 is 3.05. The van der Waals surface area contributed by atoms with Gasteiger partial charge in [0.25, 0.3) is 0 Å². The van der Waals surface area contributed by atoms with Crippen LogP contribution in [-0.2, 0) is 4.79 Å². The van der Waals surface area contributed by atoms with E-state index in [-0.39, 0.29) is 5.75 Å². The molecule has 0 radical (unpaired) electrons. The minimum Gasteiger partial charge on any atom is -0.369 e. The number of benzene rings is 4. The van der Waals surface area contributed by atoms with Gasteiger partial charge in [0.2, 0.25) is 5.91 Å². The van der Waals surface area contributed by atoms with Gasteiger partial charge in [0, 0.05) is 16.2 Å². The smallest absolute Gasteiger partial charge is 0.229 e. The van der Waals surface area contributed by atoms with Gasteiger partial charge in [0.05, 0.1) is 44.9 Å². The van der Waals surface area contributed by atoms with Crippen molar-refractivity contribution in [2.24, 2.45) is 5.73 Å². The Morgan fingerprint density at radius 3 is 2.38 bits per heavy atom. The molecule has 5 aromatic rings. The lowest BCUT2D eigenvalue weighted by Crippen LogP contribution is -2.27. The van der Waals surface area contributed by atoms with Crippen molar-refractivity contribution in [1.82, 2.24) is 9.29 Å². The molecular weight excluding hydrogens is 580 g/mol. The fourth-order valence-electron chi connectivity index (χ4n) is 5.32. The van der Waals surface area contributed by atoms with Crippen molar-refractivity contribution in [3.8, 4) is 6.07 Å². The van der Waals surface area contributed by atoms with Gasteiger partial charge in [-0.15, -0.1) is 11.3 Å². The van der Waals surface area contributed by atoms with Gasteiger partial charge < -0.3 is 5.73 Å². The number of aryl methyl sites for hydroxylation is 1. The maximum atomic E-state index is 12.2. The lowest BCUT2D eigenvalue weighted by molar-refractivity contribution is -0.115. The molecule has 0 fully saturated rings. The Kier molecular flexibility index (Phi) is 7.86. The molecule has 6 rings (SSSR count). The minimum atomic E-state index is -0.528. The van der Waals surface area contributed by atoms with Gasteiger partial charge in [0.15, 0.2) is 0 Å². The summed E-state index contributed by atoms with van der Waals surface area (Å²) in [6.45, 7) is 2.02. The highest BCUT2D eigenvalue weighted by Crippen LogP contribution is 2.55. The molecule has 1 aliphatic heterocycles. The number of rotatable bonds is 7. The van der Waals surface area contributed by atoms with Crippen molar-refractivity contribution in [3.05, 3.63) is 141 Å². The molecule has 1 amide bonds. The molecule has 42 heavy (non-hydrogen) atoms. The Balaban J connectivity index is 1.78. The third-order valence-electron chi connectivity index (χ3n) is 7.14. The van der Waals surface area contributed by atoms with E-state index >= 15 is 0 Å². The van der Waals surface area contributed by atoms with Crippen LogP contribution in [0.15, 0.2) is 109 Å². The number of primary amides is 1. The molecule has 1 unspecified atom stereocenters. The number of hydrogen-bond donors (Lipinski definition) is 1. The van der Waals surface area contributed by atoms with Crippen LogP contribution in [0, 0.1) is 18.3 Å². The summed E-state index contributed by atoms with van der Waals surface area (Å²) in [4.78, 5) is 17.3. The number of carbonyl (C=O) groups excluding carboxylic acids is 1. The molecule has 206 valence electrons. The SMILES string of the molecule is Cc1ccccc1C1=C(C#N)C(c2ccccc2Cl)C(c2nc3ccccc3s2)=C(c2ccccc2)N1SCC(N)=O. The van der Waals surface area contributed by atoms with E-state index in [1.54, 1.807) is 11.3 Å². The van der Waals surface area contributed by atoms with Crippen LogP contribution < -0.4 is 5.73 Å². The zero-order valence-corrected chi connectivity index (χ0v) is 25.0. The van der Waals surface area contributed by atoms with Gasteiger partial charge in [-0.2, -0.15) is 5.26 Å². The number of nitrogens with two attached hydrogens (primary N) is 1. The Hall–Kier alpha value is -4.35. The fraction of sp³-hybridized carbons (Fsp3) is 0.0882. The van der Waals surface area contributed by atoms with Gasteiger partial charge in [-0.05, 0) is 53.8 Å². The quantitative estimate of drug-likeness (QED) is 0.189. The monoisotopic (exact) mass is 604 g/mol. The number of allylic oxidation sites excluding steroid dienone is 2. The largest absolute Gasteiger partial charge is 0.369 e. The summed E-state index contributed by atoms with van der Waals surface area (Å²) in [6.07, 6.45) is 0. The molecule has 2 N–H and O–H groups in total. The van der Waals surface area contributed by atoms with Crippen LogP contribution >= 0.6 is 34.9 Å². The molecule has 2 heterocycles. The Labute approximate surface area is 257 Å². The Morgan fingerprint density at radius 2 is 1.67 bits per heavy atom. The highest BCUT2D eigenvalue weighted by molar-refractivity contribution is 7.98. The van der Waals surface area contributed by atoms with Gasteiger partial charge in [-0.3, -0.25) is 9.10 Å². The second kappa shape index (κ2) is 11.9. The number of thiazole rings is 1. The van der Waals surface area contributed by atoms with Gasteiger partial charge in [-0.25, -0.2) is 4.98 Å². The van der Waals surface area contributed by atoms with E-state index in [1.165, 1.54) is 11.9 Å². The number of hydrogen-bond acceptors (Lipinski definition) is 6. The van der Waals surface area contributed by atoms with E-state index in [2.05, 4.69) is 6.07 Å². The molecular formula is C34H25ClN4OS2. The van der Waals surface area contributed by atoms with Crippen molar-refractivity contribution < 1.29 is 4.79 Å². The molecule has 8 heteroatoms. The molecule has 1 aliphatic rings. The number of nitrogens with zero attached hydrogens (tertiary/aromatic N) is 3. The zero-order valence-electron chi connectivity index (χ0n) is 22.6. The predicted molar refractivity (Wildman–Crippen MR) is 174 cm³/mol. The number of carbonyl (C=O) groups is 1. The lowest BCUT2D eigenvalue weighted by atomic mass is 9.78. The topological polar surface area (TPSA) is 83.0 Å². The van der Waals surface area contributed by atoms with Crippen LogP contribution in [0.3, 0.4) is 0 Å². The summed E-state index contributed by atoms with van der Waals surface area (Å²) >= 11 is 9.77. The molecule has 0 bridgehead atoms. The van der Waals surface area contributed by atoms with Crippen LogP contribution in [0.4, 0.5) is 0 Å². The summed E-state index contributed by atoms with van der Waals surface area (Å²) in [5.74, 6) is -0.960. The van der Waals surface area contributed by atoms with E-state index in [4.69, 9.17) is 22.3 Å². The normalized spacial score (nSPS) is 15.3. The van der Waals surface area contributed by atoms with Crippen LogP contribution in [0.5, 0.6) is 0 Å². The maximum absolute atomic E-state index is 12.2. The number of halogens is 1. The first-order valence-electron chi connectivity index (χ1n) is 13.3. The first-order valence-corrected chi connectivity index (χ1v) is 15.4. The molecule has 0 saturated heterocycles. The molecule has 5 nitrogen and oxygen atoms in total. The number of para-hydroxylation sites is 1. The van der Waals surface area contributed by atoms with Crippen LogP contribution in [0.1, 0.15) is 33.2 Å². The first-order chi connectivity index (χ1) is 20.5. The van der Waals surface area contributed by atoms with Gasteiger partial charge in [0.1, 0.15) is 5.01 Å². The number of fused-ring (bicyclic) bond motifs is 1. The molecule has 4 aromatic carbocycles. The average Bonchev–Trinajstić information content (AvgIpc) is 3.44. The van der Waals surface area contributed by atoms with E-state index in [9.17, 15) is 10.1 Å². The highest BCUT2D eigenvalue weighted by Gasteiger charge is 2.40. The van der Waals surface area contributed by atoms with Gasteiger partial charge in [-0.1, -0.05) is 96.5 Å². The van der Waals surface area contributed by atoms with Crippen molar-refractivity contribution in [1.29, 1.82) is 5.26 Å². The second-order valence-corrected chi connectivity index (χ2v) is 12.1. The van der Waals surface area contributed by atoms with E-state index in [1.807, 2.05) is 114 Å². The summed E-state index contributed by atoms with van der Waals surface area (Å²) in [7, 11) is 0. The van der Waals surface area contributed by atoms with E-state index < -0.39 is 11.8 Å². The fourth-order valence-corrected chi connectivity index (χ4v) is 7.52. The van der Waals surface area contributed by atoms with Crippen molar-refractivity contribution in [3.63, 3.8) is 0 Å². The molecule has 0 spiro atoms. The summed E-state index contributed by atoms with van der Waals surface area (Å²) in [6, 6.07) is 36.2.